The number of carbonyl (C=O) groups excluding carboxylic acids is 2. The number of nitrogens with two attached hydrogens (primary N) is 1. The zero-order valence-electron chi connectivity index (χ0n) is 12.8. The van der Waals surface area contributed by atoms with Gasteiger partial charge in [-0.15, -0.1) is 0 Å². The molecule has 1 fully saturated rings. The maximum absolute atomic E-state index is 12.2. The Labute approximate surface area is 124 Å². The summed E-state index contributed by atoms with van der Waals surface area (Å²) in [5.74, 6) is -1.18. The van der Waals surface area contributed by atoms with Crippen molar-refractivity contribution in [3.8, 4) is 0 Å². The monoisotopic (exact) mass is 299 g/mol. The Hall–Kier alpha value is -1.63. The average Bonchev–Trinajstić information content (AvgIpc) is 2.67. The first-order chi connectivity index (χ1) is 9.72. The summed E-state index contributed by atoms with van der Waals surface area (Å²) in [6.07, 6.45) is 1.04. The molecule has 7 nitrogen and oxygen atoms in total. The number of carboxylic acids is 1. The fourth-order valence-electron chi connectivity index (χ4n) is 2.91. The summed E-state index contributed by atoms with van der Waals surface area (Å²) in [5.41, 5.74) is 5.46. The Morgan fingerprint density at radius 3 is 2.19 bits per heavy atom. The van der Waals surface area contributed by atoms with Gasteiger partial charge < -0.3 is 21.5 Å². The van der Waals surface area contributed by atoms with Gasteiger partial charge in [-0.25, -0.2) is 0 Å². The number of carbonyl (C=O) groups is 3. The van der Waals surface area contributed by atoms with E-state index in [1.807, 2.05) is 0 Å². The minimum Gasteiger partial charge on any atom is -0.481 e. The number of carboxylic acid groups (broad SMARTS) is 1. The Balaban J connectivity index is 2.46. The molecule has 7 heteroatoms. The first-order valence-corrected chi connectivity index (χ1v) is 7.30. The molecule has 0 bridgehead atoms. The Morgan fingerprint density at radius 1 is 1.19 bits per heavy atom. The molecule has 0 aromatic carbocycles. The van der Waals surface area contributed by atoms with Crippen molar-refractivity contribution in [2.24, 2.45) is 23.5 Å². The lowest BCUT2D eigenvalue weighted by molar-refractivity contribution is -0.139. The van der Waals surface area contributed by atoms with Crippen LogP contribution in [0.15, 0.2) is 0 Å². The fourth-order valence-corrected chi connectivity index (χ4v) is 2.91. The molecular formula is C14H25N3O4. The Morgan fingerprint density at radius 2 is 1.71 bits per heavy atom. The van der Waals surface area contributed by atoms with Gasteiger partial charge in [-0.1, -0.05) is 13.8 Å². The molecule has 4 atom stereocenters. The van der Waals surface area contributed by atoms with Crippen molar-refractivity contribution in [3.05, 3.63) is 0 Å². The maximum atomic E-state index is 12.2. The minimum atomic E-state index is -1.14. The normalized spacial score (nSPS) is 27.7. The molecular weight excluding hydrogens is 274 g/mol. The molecule has 5 N–H and O–H groups in total. The van der Waals surface area contributed by atoms with Crippen molar-refractivity contribution in [1.82, 2.24) is 10.6 Å². The number of aliphatic carboxylic acids is 1. The highest BCUT2D eigenvalue weighted by atomic mass is 16.4. The van der Waals surface area contributed by atoms with Crippen LogP contribution in [0.2, 0.25) is 0 Å². The van der Waals surface area contributed by atoms with Gasteiger partial charge in [0.05, 0.1) is 18.6 Å². The van der Waals surface area contributed by atoms with E-state index in [1.54, 1.807) is 6.92 Å². The van der Waals surface area contributed by atoms with E-state index >= 15 is 0 Å². The first kappa shape index (κ1) is 17.4. The molecule has 120 valence electrons. The van der Waals surface area contributed by atoms with Crippen LogP contribution in [-0.4, -0.2) is 35.1 Å². The van der Waals surface area contributed by atoms with Gasteiger partial charge in [-0.3, -0.25) is 14.4 Å². The number of rotatable bonds is 6. The average molecular weight is 299 g/mol. The van der Waals surface area contributed by atoms with E-state index in [0.29, 0.717) is 11.8 Å². The molecule has 0 aromatic rings. The number of nitrogens with one attached hydrogen (secondary N) is 2. The van der Waals surface area contributed by atoms with Crippen molar-refractivity contribution >= 4 is 17.8 Å². The van der Waals surface area contributed by atoms with Gasteiger partial charge in [0.2, 0.25) is 11.8 Å². The van der Waals surface area contributed by atoms with E-state index in [0.717, 1.165) is 12.8 Å². The Bertz CT molecular complexity index is 403. The molecule has 0 aliphatic heterocycles. The van der Waals surface area contributed by atoms with Crippen LogP contribution in [0.1, 0.15) is 40.0 Å². The highest BCUT2D eigenvalue weighted by Gasteiger charge is 2.36. The molecule has 0 radical (unpaired) electrons. The van der Waals surface area contributed by atoms with Crippen molar-refractivity contribution < 1.29 is 19.5 Å². The third-order valence-corrected chi connectivity index (χ3v) is 4.06. The smallest absolute Gasteiger partial charge is 0.305 e. The molecule has 1 rings (SSSR count). The summed E-state index contributed by atoms with van der Waals surface area (Å²) >= 11 is 0. The van der Waals surface area contributed by atoms with Gasteiger partial charge in [0.15, 0.2) is 0 Å². The van der Waals surface area contributed by atoms with Crippen LogP contribution in [0.5, 0.6) is 0 Å². The quantitative estimate of drug-likeness (QED) is 0.516. The standard InChI is InChI=1S/C14H25N3O4/c1-7-4-5-8(2)12(7)14(21)17-9(3)16-13(20)10(15)6-11(18)19/h7-10,12H,4-6,15H2,1-3H3,(H,16,20)(H,17,21)(H,18,19)/t7?,8?,9-,10-,12?/m0/s1. The molecule has 0 spiro atoms. The summed E-state index contributed by atoms with van der Waals surface area (Å²) in [4.78, 5) is 34.4. The lowest BCUT2D eigenvalue weighted by Crippen LogP contribution is -2.53. The van der Waals surface area contributed by atoms with Crippen LogP contribution < -0.4 is 16.4 Å². The van der Waals surface area contributed by atoms with Crippen molar-refractivity contribution in [3.63, 3.8) is 0 Å². The lowest BCUT2D eigenvalue weighted by Gasteiger charge is -2.23. The van der Waals surface area contributed by atoms with Crippen LogP contribution in [0.4, 0.5) is 0 Å². The number of amides is 2. The highest BCUT2D eigenvalue weighted by Crippen LogP contribution is 2.36. The van der Waals surface area contributed by atoms with Crippen molar-refractivity contribution in [2.75, 3.05) is 0 Å². The van der Waals surface area contributed by atoms with Gasteiger partial charge in [0.25, 0.3) is 0 Å². The Kier molecular flexibility index (Phi) is 6.14. The molecule has 1 aliphatic carbocycles. The molecule has 0 heterocycles. The summed E-state index contributed by atoms with van der Waals surface area (Å²) in [6.45, 7) is 5.74. The van der Waals surface area contributed by atoms with Gasteiger partial charge in [0.1, 0.15) is 0 Å². The zero-order valence-corrected chi connectivity index (χ0v) is 12.8. The predicted molar refractivity (Wildman–Crippen MR) is 77.0 cm³/mol. The SMILES string of the molecule is CC1CCC(C)C1C(=O)N[C@@H](C)NC(=O)[C@@H](N)CC(=O)O. The summed E-state index contributed by atoms with van der Waals surface area (Å²) in [5, 5.41) is 13.8. The summed E-state index contributed by atoms with van der Waals surface area (Å²) in [7, 11) is 0. The molecule has 21 heavy (non-hydrogen) atoms. The fraction of sp³-hybridized carbons (Fsp3) is 0.786. The van der Waals surface area contributed by atoms with Gasteiger partial charge >= 0.3 is 5.97 Å². The number of hydrogen-bond donors (Lipinski definition) is 4. The van der Waals surface area contributed by atoms with Crippen molar-refractivity contribution in [2.45, 2.75) is 52.2 Å². The van der Waals surface area contributed by atoms with Crippen LogP contribution >= 0.6 is 0 Å². The van der Waals surface area contributed by atoms with E-state index in [2.05, 4.69) is 24.5 Å². The van der Waals surface area contributed by atoms with Crippen LogP contribution in [-0.2, 0) is 14.4 Å². The second-order valence-corrected chi connectivity index (χ2v) is 6.00. The van der Waals surface area contributed by atoms with E-state index < -0.39 is 30.5 Å². The minimum absolute atomic E-state index is 0.0444. The van der Waals surface area contributed by atoms with E-state index in [-0.39, 0.29) is 11.8 Å². The lowest BCUT2D eigenvalue weighted by atomic mass is 9.91. The largest absolute Gasteiger partial charge is 0.481 e. The molecule has 0 aromatic heterocycles. The maximum Gasteiger partial charge on any atom is 0.305 e. The zero-order chi connectivity index (χ0) is 16.2. The summed E-state index contributed by atoms with van der Waals surface area (Å²) < 4.78 is 0. The van der Waals surface area contributed by atoms with E-state index in [1.165, 1.54) is 0 Å². The van der Waals surface area contributed by atoms with E-state index in [9.17, 15) is 14.4 Å². The topological polar surface area (TPSA) is 122 Å². The van der Waals surface area contributed by atoms with Gasteiger partial charge in [-0.2, -0.15) is 0 Å². The highest BCUT2D eigenvalue weighted by molar-refractivity contribution is 5.86. The first-order valence-electron chi connectivity index (χ1n) is 7.30. The van der Waals surface area contributed by atoms with Gasteiger partial charge in [0, 0.05) is 5.92 Å². The van der Waals surface area contributed by atoms with E-state index in [4.69, 9.17) is 10.8 Å². The third kappa shape index (κ3) is 5.00. The van der Waals surface area contributed by atoms with Crippen LogP contribution in [0.3, 0.4) is 0 Å². The predicted octanol–water partition coefficient (Wildman–Crippen LogP) is 0.0490. The number of hydrogen-bond acceptors (Lipinski definition) is 4. The third-order valence-electron chi connectivity index (χ3n) is 4.06. The van der Waals surface area contributed by atoms with Crippen LogP contribution in [0, 0.1) is 17.8 Å². The van der Waals surface area contributed by atoms with Gasteiger partial charge in [-0.05, 0) is 31.6 Å². The second-order valence-electron chi connectivity index (χ2n) is 6.00. The molecule has 2 amide bonds. The molecule has 0 saturated heterocycles. The van der Waals surface area contributed by atoms with Crippen molar-refractivity contribution in [1.29, 1.82) is 0 Å². The summed E-state index contributed by atoms with van der Waals surface area (Å²) in [6, 6.07) is -1.12. The molecule has 2 unspecified atom stereocenters. The molecule has 1 aliphatic rings. The van der Waals surface area contributed by atoms with Crippen LogP contribution in [0.25, 0.3) is 0 Å². The molecule has 1 saturated carbocycles. The second kappa shape index (κ2) is 7.40.